The molecule has 1 saturated heterocycles. The van der Waals surface area contributed by atoms with E-state index >= 15 is 0 Å². The number of benzene rings is 1. The van der Waals surface area contributed by atoms with Gasteiger partial charge in [0.2, 0.25) is 0 Å². The van der Waals surface area contributed by atoms with Crippen molar-refractivity contribution in [3.05, 3.63) is 48.0 Å². The number of aliphatic hydroxyl groups is 1. The number of carboxylic acids is 3. The highest BCUT2D eigenvalue weighted by Gasteiger charge is 2.41. The number of carbonyl (C=O) groups excluding carboxylic acids is 1. The Kier molecular flexibility index (Phi) is 11.5. The summed E-state index contributed by atoms with van der Waals surface area (Å²) in [5, 5.41) is 33.8. The molecule has 2 atom stereocenters. The minimum absolute atomic E-state index is 0.0741. The average Bonchev–Trinajstić information content (AvgIpc) is 3.40. The zero-order valence-electron chi connectivity index (χ0n) is 22.0. The predicted octanol–water partition coefficient (Wildman–Crippen LogP) is 3.30. The van der Waals surface area contributed by atoms with Crippen molar-refractivity contribution in [2.75, 3.05) is 19.7 Å². The third kappa shape index (κ3) is 9.25. The molecule has 0 radical (unpaired) electrons. The number of hydrogen-bond donors (Lipinski definition) is 4. The van der Waals surface area contributed by atoms with E-state index < -0.39 is 36.4 Å². The molecule has 0 aromatic heterocycles. The molecule has 3 rings (SSSR count). The third-order valence-corrected chi connectivity index (χ3v) is 6.95. The van der Waals surface area contributed by atoms with Crippen molar-refractivity contribution in [3.8, 4) is 0 Å². The number of rotatable bonds is 11. The Hall–Kier alpha value is -3.24. The number of carboxylic acid groups (broad SMARTS) is 3. The zero-order chi connectivity index (χ0) is 28.3. The first-order valence-electron chi connectivity index (χ1n) is 12.9. The lowest BCUT2D eigenvalue weighted by atomic mass is 9.80. The van der Waals surface area contributed by atoms with E-state index in [1.807, 2.05) is 18.2 Å². The standard InChI is InChI=1S/C22H31NO2.C6H8O7/c1-22(2,23-15-9-10-16-23)17-25-21(24)20(18-11-5-3-6-12-18)19-13-7-4-8-14-19;7-3(8)1-6(13,5(11)12)2-4(9)10/h3,5-7,11-13,19-20H,4,8-10,14-17H2,1-2H3;13H,1-2H2,(H,7,8)(H,9,10)(H,11,12). The number of likely N-dealkylation sites (tertiary alicyclic amines) is 1. The number of aliphatic carboxylic acids is 3. The second-order valence-electron chi connectivity index (χ2n) is 10.5. The van der Waals surface area contributed by atoms with Gasteiger partial charge in [0.1, 0.15) is 6.61 Å². The lowest BCUT2D eigenvalue weighted by molar-refractivity contribution is -0.170. The van der Waals surface area contributed by atoms with Crippen LogP contribution in [0.15, 0.2) is 42.5 Å². The normalized spacial score (nSPS) is 18.7. The van der Waals surface area contributed by atoms with Gasteiger partial charge in [0, 0.05) is 5.54 Å². The second-order valence-corrected chi connectivity index (χ2v) is 10.5. The van der Waals surface area contributed by atoms with E-state index in [1.54, 1.807) is 0 Å². The summed E-state index contributed by atoms with van der Waals surface area (Å²) in [5.41, 5.74) is -1.75. The second kappa shape index (κ2) is 14.1. The van der Waals surface area contributed by atoms with Crippen LogP contribution in [0, 0.1) is 5.92 Å². The van der Waals surface area contributed by atoms with Gasteiger partial charge in [0.05, 0.1) is 18.8 Å². The van der Waals surface area contributed by atoms with Crippen LogP contribution < -0.4 is 0 Å². The first kappa shape index (κ1) is 31.0. The molecule has 1 fully saturated rings. The zero-order valence-corrected chi connectivity index (χ0v) is 22.0. The van der Waals surface area contributed by atoms with E-state index in [4.69, 9.17) is 25.2 Å². The van der Waals surface area contributed by atoms with E-state index in [0.29, 0.717) is 6.61 Å². The van der Waals surface area contributed by atoms with Gasteiger partial charge in [-0.2, -0.15) is 0 Å². The lowest BCUT2D eigenvalue weighted by Gasteiger charge is -2.35. The topological polar surface area (TPSA) is 162 Å². The van der Waals surface area contributed by atoms with Gasteiger partial charge in [-0.25, -0.2) is 4.79 Å². The maximum Gasteiger partial charge on any atom is 0.336 e. The first-order valence-corrected chi connectivity index (χ1v) is 12.9. The molecule has 1 aliphatic carbocycles. The number of ether oxygens (including phenoxy) is 1. The molecule has 1 aliphatic heterocycles. The summed E-state index contributed by atoms with van der Waals surface area (Å²) in [6.45, 7) is 7.05. The molecular formula is C28H39NO9. The minimum atomic E-state index is -2.74. The largest absolute Gasteiger partial charge is 0.481 e. The number of hydrogen-bond acceptors (Lipinski definition) is 7. The van der Waals surface area contributed by atoms with Crippen molar-refractivity contribution < 1.29 is 44.3 Å². The Labute approximate surface area is 222 Å². The summed E-state index contributed by atoms with van der Waals surface area (Å²) in [7, 11) is 0. The monoisotopic (exact) mass is 533 g/mol. The quantitative estimate of drug-likeness (QED) is 0.245. The van der Waals surface area contributed by atoms with Crippen LogP contribution in [-0.4, -0.2) is 80.0 Å². The summed E-state index contributed by atoms with van der Waals surface area (Å²) in [4.78, 5) is 46.0. The van der Waals surface area contributed by atoms with Crippen LogP contribution in [0.2, 0.25) is 0 Å². The fourth-order valence-corrected chi connectivity index (χ4v) is 4.80. The summed E-state index contributed by atoms with van der Waals surface area (Å²) >= 11 is 0. The molecule has 38 heavy (non-hydrogen) atoms. The Balaban J connectivity index is 0.000000332. The molecule has 10 heteroatoms. The minimum Gasteiger partial charge on any atom is -0.481 e. The third-order valence-electron chi connectivity index (χ3n) is 6.95. The van der Waals surface area contributed by atoms with E-state index in [2.05, 4.69) is 43.0 Å². The van der Waals surface area contributed by atoms with Crippen LogP contribution >= 0.6 is 0 Å². The fourth-order valence-electron chi connectivity index (χ4n) is 4.80. The smallest absolute Gasteiger partial charge is 0.336 e. The van der Waals surface area contributed by atoms with Gasteiger partial charge in [-0.3, -0.25) is 19.3 Å². The summed E-state index contributed by atoms with van der Waals surface area (Å²) < 4.78 is 5.87. The number of allylic oxidation sites excluding steroid dienone is 2. The van der Waals surface area contributed by atoms with Crippen LogP contribution in [-0.2, 0) is 23.9 Å². The Morgan fingerprint density at radius 2 is 1.55 bits per heavy atom. The maximum absolute atomic E-state index is 13.0. The van der Waals surface area contributed by atoms with Gasteiger partial charge < -0.3 is 25.2 Å². The molecule has 0 saturated carbocycles. The molecule has 0 bridgehead atoms. The molecule has 10 nitrogen and oxygen atoms in total. The Morgan fingerprint density at radius 1 is 0.974 bits per heavy atom. The molecule has 1 aromatic carbocycles. The molecule has 2 unspecified atom stereocenters. The lowest BCUT2D eigenvalue weighted by Crippen LogP contribution is -2.46. The van der Waals surface area contributed by atoms with E-state index in [9.17, 15) is 19.2 Å². The van der Waals surface area contributed by atoms with Crippen LogP contribution in [0.3, 0.4) is 0 Å². The Bertz CT molecular complexity index is 967. The van der Waals surface area contributed by atoms with Crippen LogP contribution in [0.1, 0.15) is 70.3 Å². The molecule has 1 heterocycles. The summed E-state index contributed by atoms with van der Waals surface area (Å²) in [6, 6.07) is 10.1. The molecule has 210 valence electrons. The van der Waals surface area contributed by atoms with Crippen molar-refractivity contribution in [2.24, 2.45) is 5.92 Å². The van der Waals surface area contributed by atoms with E-state index in [-0.39, 0.29) is 23.3 Å². The van der Waals surface area contributed by atoms with E-state index in [0.717, 1.165) is 37.9 Å². The van der Waals surface area contributed by atoms with Gasteiger partial charge in [-0.1, -0.05) is 42.5 Å². The van der Waals surface area contributed by atoms with Gasteiger partial charge in [0.15, 0.2) is 5.60 Å². The van der Waals surface area contributed by atoms with Crippen molar-refractivity contribution in [2.45, 2.75) is 75.9 Å². The molecule has 4 N–H and O–H groups in total. The summed E-state index contributed by atoms with van der Waals surface area (Å²) in [5.74, 6) is -5.03. The van der Waals surface area contributed by atoms with Gasteiger partial charge in [-0.15, -0.1) is 0 Å². The van der Waals surface area contributed by atoms with Crippen LogP contribution in [0.4, 0.5) is 0 Å². The van der Waals surface area contributed by atoms with Crippen molar-refractivity contribution in [3.63, 3.8) is 0 Å². The van der Waals surface area contributed by atoms with Gasteiger partial charge in [0.25, 0.3) is 0 Å². The van der Waals surface area contributed by atoms with Crippen LogP contribution in [0.25, 0.3) is 0 Å². The number of carbonyl (C=O) groups is 4. The number of nitrogens with zero attached hydrogens (tertiary/aromatic N) is 1. The molecule has 2 aliphatic rings. The van der Waals surface area contributed by atoms with Crippen molar-refractivity contribution >= 4 is 23.9 Å². The van der Waals surface area contributed by atoms with Gasteiger partial charge in [-0.05, 0) is 70.5 Å². The maximum atomic E-state index is 13.0. The highest BCUT2D eigenvalue weighted by atomic mass is 16.5. The fraction of sp³-hybridized carbons (Fsp3) is 0.571. The highest BCUT2D eigenvalue weighted by molar-refractivity contribution is 5.88. The predicted molar refractivity (Wildman–Crippen MR) is 139 cm³/mol. The molecule has 0 spiro atoms. The first-order chi connectivity index (χ1) is 17.9. The average molecular weight is 534 g/mol. The van der Waals surface area contributed by atoms with Gasteiger partial charge >= 0.3 is 23.9 Å². The van der Waals surface area contributed by atoms with Crippen molar-refractivity contribution in [1.29, 1.82) is 0 Å². The Morgan fingerprint density at radius 3 is 2.03 bits per heavy atom. The SMILES string of the molecule is CC(C)(COC(=O)C(c1ccccc1)C1C=CCCC1)N1CCCC1.O=C(O)CC(O)(CC(=O)O)C(=O)O. The number of esters is 1. The van der Waals surface area contributed by atoms with E-state index in [1.165, 1.54) is 12.8 Å². The van der Waals surface area contributed by atoms with Crippen molar-refractivity contribution in [1.82, 2.24) is 4.90 Å². The molecule has 1 aromatic rings. The molecule has 0 amide bonds. The molecular weight excluding hydrogens is 494 g/mol. The summed E-state index contributed by atoms with van der Waals surface area (Å²) in [6.07, 6.45) is 7.96. The van der Waals surface area contributed by atoms with Crippen LogP contribution in [0.5, 0.6) is 0 Å². The highest BCUT2D eigenvalue weighted by Crippen LogP contribution is 2.34.